The molecule has 0 spiro atoms. The Kier molecular flexibility index (Phi) is 3.41. The number of anilines is 1. The predicted molar refractivity (Wildman–Crippen MR) is 62.8 cm³/mol. The molecule has 8 heteroatoms. The molecule has 1 aromatic carbocycles. The summed E-state index contributed by atoms with van der Waals surface area (Å²) in [6.45, 7) is 0. The Morgan fingerprint density at radius 3 is 2.79 bits per heavy atom. The van der Waals surface area contributed by atoms with Crippen LogP contribution in [0.25, 0.3) is 0 Å². The van der Waals surface area contributed by atoms with Crippen LogP contribution in [0.1, 0.15) is 12.8 Å². The summed E-state index contributed by atoms with van der Waals surface area (Å²) in [4.78, 5) is 32.2. The molecule has 0 radical (unpaired) electrons. The fraction of sp³-hybridized carbons (Fsp3) is 0.273. The van der Waals surface area contributed by atoms with Gasteiger partial charge in [-0.1, -0.05) is 0 Å². The van der Waals surface area contributed by atoms with Gasteiger partial charge in [-0.05, 0) is 12.5 Å². The predicted octanol–water partition coefficient (Wildman–Crippen LogP) is 0.951. The molecule has 2 N–H and O–H groups in total. The van der Waals surface area contributed by atoms with Gasteiger partial charge < -0.3 is 10.6 Å². The number of carbonyl (C=O) groups excluding carboxylic acids is 2. The van der Waals surface area contributed by atoms with E-state index in [1.165, 1.54) is 6.07 Å². The third-order valence-corrected chi connectivity index (χ3v) is 2.72. The van der Waals surface area contributed by atoms with Crippen molar-refractivity contribution in [1.29, 1.82) is 0 Å². The first-order valence-electron chi connectivity index (χ1n) is 5.51. The quantitative estimate of drug-likeness (QED) is 0.628. The number of benzene rings is 1. The maximum absolute atomic E-state index is 13.3. The smallest absolute Gasteiger partial charge is 0.304 e. The van der Waals surface area contributed by atoms with E-state index in [0.717, 1.165) is 12.1 Å². The van der Waals surface area contributed by atoms with Crippen molar-refractivity contribution in [2.75, 3.05) is 5.32 Å². The highest BCUT2D eigenvalue weighted by Gasteiger charge is 2.27. The standard InChI is InChI=1S/C11H10FN3O4/c12-7-5-6(1-3-9(7)15(18)19)13-11(17)8-2-4-10(16)14-8/h1,3,5,8H,2,4H2,(H,13,17)(H,14,16). The van der Waals surface area contributed by atoms with E-state index in [1.54, 1.807) is 0 Å². The Hall–Kier alpha value is -2.51. The van der Waals surface area contributed by atoms with Crippen molar-refractivity contribution < 1.29 is 18.9 Å². The second kappa shape index (κ2) is 5.01. The molecule has 19 heavy (non-hydrogen) atoms. The molecule has 100 valence electrons. The highest BCUT2D eigenvalue weighted by molar-refractivity contribution is 5.99. The minimum absolute atomic E-state index is 0.106. The van der Waals surface area contributed by atoms with E-state index in [0.29, 0.717) is 6.42 Å². The van der Waals surface area contributed by atoms with Crippen LogP contribution in [0, 0.1) is 15.9 Å². The van der Waals surface area contributed by atoms with Crippen LogP contribution in [0.15, 0.2) is 18.2 Å². The zero-order valence-electron chi connectivity index (χ0n) is 9.68. The number of nitro groups is 1. The van der Waals surface area contributed by atoms with E-state index in [2.05, 4.69) is 10.6 Å². The Bertz CT molecular complexity index is 561. The zero-order valence-corrected chi connectivity index (χ0v) is 9.68. The molecular weight excluding hydrogens is 257 g/mol. The second-order valence-electron chi connectivity index (χ2n) is 4.07. The monoisotopic (exact) mass is 267 g/mol. The fourth-order valence-electron chi connectivity index (χ4n) is 1.77. The fourth-order valence-corrected chi connectivity index (χ4v) is 1.77. The summed E-state index contributed by atoms with van der Waals surface area (Å²) >= 11 is 0. The van der Waals surface area contributed by atoms with Gasteiger partial charge >= 0.3 is 5.69 Å². The zero-order chi connectivity index (χ0) is 14.0. The van der Waals surface area contributed by atoms with Crippen molar-refractivity contribution in [3.8, 4) is 0 Å². The van der Waals surface area contributed by atoms with Crippen molar-refractivity contribution >= 4 is 23.2 Å². The third-order valence-electron chi connectivity index (χ3n) is 2.72. The summed E-state index contributed by atoms with van der Waals surface area (Å²) in [5, 5.41) is 15.3. The molecule has 2 rings (SSSR count). The molecule has 0 aliphatic carbocycles. The van der Waals surface area contributed by atoms with Gasteiger partial charge in [-0.15, -0.1) is 0 Å². The van der Waals surface area contributed by atoms with E-state index >= 15 is 0 Å². The average molecular weight is 267 g/mol. The van der Waals surface area contributed by atoms with Gasteiger partial charge in [0.2, 0.25) is 17.6 Å². The molecule has 0 saturated carbocycles. The molecule has 1 aromatic rings. The molecule has 1 heterocycles. The summed E-state index contributed by atoms with van der Waals surface area (Å²) in [6.07, 6.45) is 0.646. The molecule has 2 amide bonds. The summed E-state index contributed by atoms with van der Waals surface area (Å²) in [6, 6.07) is 2.42. The van der Waals surface area contributed by atoms with Gasteiger partial charge in [-0.3, -0.25) is 19.7 Å². The van der Waals surface area contributed by atoms with Gasteiger partial charge in [-0.2, -0.15) is 4.39 Å². The van der Waals surface area contributed by atoms with Crippen molar-refractivity contribution in [2.45, 2.75) is 18.9 Å². The lowest BCUT2D eigenvalue weighted by atomic mass is 10.2. The van der Waals surface area contributed by atoms with Crippen molar-refractivity contribution in [3.63, 3.8) is 0 Å². The lowest BCUT2D eigenvalue weighted by molar-refractivity contribution is -0.387. The Morgan fingerprint density at radius 1 is 1.53 bits per heavy atom. The van der Waals surface area contributed by atoms with Crippen molar-refractivity contribution in [1.82, 2.24) is 5.32 Å². The molecule has 1 fully saturated rings. The van der Waals surface area contributed by atoms with Gasteiger partial charge in [0.15, 0.2) is 0 Å². The van der Waals surface area contributed by atoms with E-state index in [9.17, 15) is 24.1 Å². The molecule has 0 aromatic heterocycles. The SMILES string of the molecule is O=C1CCC(C(=O)Nc2ccc([N+](=O)[O-])c(F)c2)N1. The largest absolute Gasteiger partial charge is 0.344 e. The topological polar surface area (TPSA) is 101 Å². The molecule has 1 saturated heterocycles. The highest BCUT2D eigenvalue weighted by Crippen LogP contribution is 2.21. The van der Waals surface area contributed by atoms with Crippen LogP contribution < -0.4 is 10.6 Å². The van der Waals surface area contributed by atoms with Gasteiger partial charge in [0.25, 0.3) is 0 Å². The number of nitro benzene ring substituents is 1. The van der Waals surface area contributed by atoms with Gasteiger partial charge in [-0.25, -0.2) is 0 Å². The van der Waals surface area contributed by atoms with Crippen LogP contribution in [-0.2, 0) is 9.59 Å². The van der Waals surface area contributed by atoms with Crippen molar-refractivity contribution in [3.05, 3.63) is 34.1 Å². The summed E-state index contributed by atoms with van der Waals surface area (Å²) in [5.74, 6) is -1.72. The number of halogens is 1. The minimum Gasteiger partial charge on any atom is -0.344 e. The van der Waals surface area contributed by atoms with Crippen LogP contribution in [0.5, 0.6) is 0 Å². The van der Waals surface area contributed by atoms with E-state index in [1.807, 2.05) is 0 Å². The first-order chi connectivity index (χ1) is 8.97. The Morgan fingerprint density at radius 2 is 2.26 bits per heavy atom. The number of nitrogens with zero attached hydrogens (tertiary/aromatic N) is 1. The first kappa shape index (κ1) is 12.9. The molecule has 1 atom stereocenters. The molecule has 0 bridgehead atoms. The van der Waals surface area contributed by atoms with Gasteiger partial charge in [0, 0.05) is 24.2 Å². The number of hydrogen-bond acceptors (Lipinski definition) is 4. The third kappa shape index (κ3) is 2.84. The maximum Gasteiger partial charge on any atom is 0.304 e. The number of hydrogen-bond donors (Lipinski definition) is 2. The molecule has 1 aliphatic heterocycles. The molecule has 7 nitrogen and oxygen atoms in total. The summed E-state index contributed by atoms with van der Waals surface area (Å²) in [7, 11) is 0. The molecule has 1 unspecified atom stereocenters. The lowest BCUT2D eigenvalue weighted by Crippen LogP contribution is -2.37. The first-order valence-corrected chi connectivity index (χ1v) is 5.51. The second-order valence-corrected chi connectivity index (χ2v) is 4.07. The number of nitrogens with one attached hydrogen (secondary N) is 2. The summed E-state index contributed by atoms with van der Waals surface area (Å²) in [5.41, 5.74) is -0.554. The van der Waals surface area contributed by atoms with Crippen LogP contribution in [0.4, 0.5) is 15.8 Å². The maximum atomic E-state index is 13.3. The highest BCUT2D eigenvalue weighted by atomic mass is 19.1. The van der Waals surface area contributed by atoms with Crippen LogP contribution in [0.3, 0.4) is 0 Å². The number of amides is 2. The van der Waals surface area contributed by atoms with Gasteiger partial charge in [0.05, 0.1) is 4.92 Å². The normalized spacial score (nSPS) is 17.9. The van der Waals surface area contributed by atoms with Crippen LogP contribution >= 0.6 is 0 Å². The molecule has 1 aliphatic rings. The van der Waals surface area contributed by atoms with Crippen LogP contribution in [0.2, 0.25) is 0 Å². The van der Waals surface area contributed by atoms with E-state index in [4.69, 9.17) is 0 Å². The van der Waals surface area contributed by atoms with Crippen molar-refractivity contribution in [2.24, 2.45) is 0 Å². The van der Waals surface area contributed by atoms with Crippen LogP contribution in [-0.4, -0.2) is 22.8 Å². The lowest BCUT2D eigenvalue weighted by Gasteiger charge is -2.10. The summed E-state index contributed by atoms with van der Waals surface area (Å²) < 4.78 is 13.3. The Labute approximate surface area is 106 Å². The number of carbonyl (C=O) groups is 2. The van der Waals surface area contributed by atoms with Gasteiger partial charge in [0.1, 0.15) is 6.04 Å². The minimum atomic E-state index is -1.03. The number of rotatable bonds is 3. The Balaban J connectivity index is 2.07. The molecular formula is C11H10FN3O4. The van der Waals surface area contributed by atoms with E-state index < -0.39 is 28.4 Å². The van der Waals surface area contributed by atoms with E-state index in [-0.39, 0.29) is 18.0 Å². The average Bonchev–Trinajstić information content (AvgIpc) is 2.75.